The normalized spacial score (nSPS) is 10.6. The van der Waals surface area contributed by atoms with Crippen LogP contribution >= 0.6 is 0 Å². The van der Waals surface area contributed by atoms with Gasteiger partial charge in [-0.3, -0.25) is 9.69 Å². The van der Waals surface area contributed by atoms with Gasteiger partial charge in [0, 0.05) is 11.8 Å². The minimum Gasteiger partial charge on any atom is -0.467 e. The molecule has 0 saturated carbocycles. The summed E-state index contributed by atoms with van der Waals surface area (Å²) in [4.78, 5) is 14.4. The predicted molar refractivity (Wildman–Crippen MR) is 81.6 cm³/mol. The first kappa shape index (κ1) is 14.1. The Morgan fingerprint density at radius 2 is 2.00 bits per heavy atom. The van der Waals surface area contributed by atoms with E-state index in [-0.39, 0.29) is 11.6 Å². The highest BCUT2D eigenvalue weighted by Crippen LogP contribution is 2.24. The molecule has 0 N–H and O–H groups in total. The molecule has 112 valence electrons. The van der Waals surface area contributed by atoms with E-state index in [0.717, 1.165) is 11.3 Å². The smallest absolute Gasteiger partial charge is 0.280 e. The average Bonchev–Trinajstić information content (AvgIpc) is 3.16. The van der Waals surface area contributed by atoms with Gasteiger partial charge in [-0.25, -0.2) is 0 Å². The van der Waals surface area contributed by atoms with Crippen LogP contribution in [0.5, 0.6) is 0 Å². The van der Waals surface area contributed by atoms with Gasteiger partial charge >= 0.3 is 0 Å². The van der Waals surface area contributed by atoms with Crippen LogP contribution in [0.1, 0.15) is 27.6 Å². The van der Waals surface area contributed by atoms with E-state index < -0.39 is 0 Å². The van der Waals surface area contributed by atoms with Crippen LogP contribution in [0, 0.1) is 13.8 Å². The van der Waals surface area contributed by atoms with Gasteiger partial charge in [0.15, 0.2) is 5.69 Å². The van der Waals surface area contributed by atoms with Crippen LogP contribution in [0.2, 0.25) is 0 Å². The SMILES string of the molecule is Cc1cc(C(=O)N(Cc2ccco2)c2ccccc2C)no1. The molecule has 0 atom stereocenters. The van der Waals surface area contributed by atoms with Gasteiger partial charge in [-0.15, -0.1) is 0 Å². The number of carbonyl (C=O) groups is 1. The molecule has 2 heterocycles. The summed E-state index contributed by atoms with van der Waals surface area (Å²) < 4.78 is 10.4. The number of aryl methyl sites for hydroxylation is 2. The number of nitrogens with zero attached hydrogens (tertiary/aromatic N) is 2. The lowest BCUT2D eigenvalue weighted by Gasteiger charge is -2.22. The fourth-order valence-corrected chi connectivity index (χ4v) is 2.30. The molecule has 0 fully saturated rings. The molecule has 3 aromatic rings. The van der Waals surface area contributed by atoms with E-state index in [4.69, 9.17) is 8.94 Å². The molecule has 22 heavy (non-hydrogen) atoms. The first-order valence-electron chi connectivity index (χ1n) is 6.98. The Morgan fingerprint density at radius 3 is 2.64 bits per heavy atom. The molecule has 0 aliphatic heterocycles. The number of benzene rings is 1. The lowest BCUT2D eigenvalue weighted by Crippen LogP contribution is -2.31. The van der Waals surface area contributed by atoms with Crippen LogP contribution in [-0.2, 0) is 6.54 Å². The van der Waals surface area contributed by atoms with Gasteiger partial charge in [-0.05, 0) is 37.6 Å². The van der Waals surface area contributed by atoms with Crippen molar-refractivity contribution in [2.24, 2.45) is 0 Å². The second kappa shape index (κ2) is 5.89. The van der Waals surface area contributed by atoms with Crippen molar-refractivity contribution < 1.29 is 13.7 Å². The van der Waals surface area contributed by atoms with Gasteiger partial charge in [-0.2, -0.15) is 0 Å². The maximum absolute atomic E-state index is 12.8. The van der Waals surface area contributed by atoms with E-state index >= 15 is 0 Å². The molecule has 1 amide bonds. The van der Waals surface area contributed by atoms with E-state index in [1.165, 1.54) is 0 Å². The van der Waals surface area contributed by atoms with Gasteiger partial charge in [0.1, 0.15) is 11.5 Å². The molecule has 0 radical (unpaired) electrons. The Bertz CT molecular complexity index is 775. The maximum atomic E-state index is 12.8. The molecular weight excluding hydrogens is 280 g/mol. The van der Waals surface area contributed by atoms with Crippen molar-refractivity contribution >= 4 is 11.6 Å². The van der Waals surface area contributed by atoms with Gasteiger partial charge in [0.2, 0.25) is 0 Å². The van der Waals surface area contributed by atoms with Gasteiger partial charge in [0.25, 0.3) is 5.91 Å². The highest BCUT2D eigenvalue weighted by molar-refractivity contribution is 6.05. The zero-order chi connectivity index (χ0) is 15.5. The monoisotopic (exact) mass is 296 g/mol. The summed E-state index contributed by atoms with van der Waals surface area (Å²) in [5.74, 6) is 1.09. The highest BCUT2D eigenvalue weighted by Gasteiger charge is 2.23. The van der Waals surface area contributed by atoms with Crippen molar-refractivity contribution in [3.8, 4) is 0 Å². The molecule has 0 spiro atoms. The molecule has 0 aliphatic rings. The summed E-state index contributed by atoms with van der Waals surface area (Å²) in [7, 11) is 0. The van der Waals surface area contributed by atoms with Crippen molar-refractivity contribution in [3.05, 3.63) is 71.5 Å². The molecule has 1 aromatic carbocycles. The molecule has 5 nitrogen and oxygen atoms in total. The number of hydrogen-bond acceptors (Lipinski definition) is 4. The topological polar surface area (TPSA) is 59.5 Å². The van der Waals surface area contributed by atoms with E-state index in [2.05, 4.69) is 5.16 Å². The minimum absolute atomic E-state index is 0.220. The zero-order valence-electron chi connectivity index (χ0n) is 12.4. The number of rotatable bonds is 4. The van der Waals surface area contributed by atoms with Crippen LogP contribution in [0.3, 0.4) is 0 Å². The minimum atomic E-state index is -0.220. The average molecular weight is 296 g/mol. The highest BCUT2D eigenvalue weighted by atomic mass is 16.5. The van der Waals surface area contributed by atoms with Crippen LogP contribution in [0.25, 0.3) is 0 Å². The van der Waals surface area contributed by atoms with Crippen LogP contribution in [0.15, 0.2) is 57.7 Å². The number of amides is 1. The number of para-hydroxylation sites is 1. The third-order valence-corrected chi connectivity index (χ3v) is 3.39. The van der Waals surface area contributed by atoms with E-state index in [9.17, 15) is 4.79 Å². The predicted octanol–water partition coefficient (Wildman–Crippen LogP) is 3.73. The molecular formula is C17H16N2O3. The standard InChI is InChI=1S/C17H16N2O3/c1-12-6-3-4-8-16(12)19(11-14-7-5-9-21-14)17(20)15-10-13(2)22-18-15/h3-10H,11H2,1-2H3. The number of carbonyl (C=O) groups excluding carboxylic acids is 1. The number of furan rings is 1. The summed E-state index contributed by atoms with van der Waals surface area (Å²) in [6.45, 7) is 4.06. The van der Waals surface area contributed by atoms with Gasteiger partial charge in [-0.1, -0.05) is 23.4 Å². The van der Waals surface area contributed by atoms with E-state index in [1.807, 2.05) is 37.3 Å². The molecule has 2 aromatic heterocycles. The fraction of sp³-hybridized carbons (Fsp3) is 0.176. The van der Waals surface area contributed by atoms with Crippen LogP contribution < -0.4 is 4.90 Å². The number of anilines is 1. The molecule has 0 saturated heterocycles. The fourth-order valence-electron chi connectivity index (χ4n) is 2.30. The summed E-state index contributed by atoms with van der Waals surface area (Å²) in [5, 5.41) is 3.82. The second-order valence-corrected chi connectivity index (χ2v) is 5.08. The first-order valence-corrected chi connectivity index (χ1v) is 6.98. The van der Waals surface area contributed by atoms with Crippen molar-refractivity contribution in [2.75, 3.05) is 4.90 Å². The summed E-state index contributed by atoms with van der Waals surface area (Å²) >= 11 is 0. The molecule has 3 rings (SSSR count). The lowest BCUT2D eigenvalue weighted by atomic mass is 10.1. The van der Waals surface area contributed by atoms with E-state index in [0.29, 0.717) is 18.1 Å². The molecule has 0 unspecified atom stereocenters. The van der Waals surface area contributed by atoms with Gasteiger partial charge < -0.3 is 8.94 Å². The summed E-state index contributed by atoms with van der Waals surface area (Å²) in [6.07, 6.45) is 1.59. The molecule has 5 heteroatoms. The van der Waals surface area contributed by atoms with Gasteiger partial charge in [0.05, 0.1) is 12.8 Å². The molecule has 0 aliphatic carbocycles. The Hall–Kier alpha value is -2.82. The molecule has 0 bridgehead atoms. The Balaban J connectivity index is 1.99. The quantitative estimate of drug-likeness (QED) is 0.736. The lowest BCUT2D eigenvalue weighted by molar-refractivity contribution is 0.0974. The Labute approximate surface area is 128 Å². The van der Waals surface area contributed by atoms with Crippen LogP contribution in [-0.4, -0.2) is 11.1 Å². The Kier molecular flexibility index (Phi) is 3.78. The Morgan fingerprint density at radius 1 is 1.18 bits per heavy atom. The van der Waals surface area contributed by atoms with E-state index in [1.54, 1.807) is 30.2 Å². The van der Waals surface area contributed by atoms with Crippen LogP contribution in [0.4, 0.5) is 5.69 Å². The van der Waals surface area contributed by atoms with Crippen molar-refractivity contribution in [2.45, 2.75) is 20.4 Å². The second-order valence-electron chi connectivity index (χ2n) is 5.08. The third-order valence-electron chi connectivity index (χ3n) is 3.39. The zero-order valence-corrected chi connectivity index (χ0v) is 12.4. The number of hydrogen-bond donors (Lipinski definition) is 0. The van der Waals surface area contributed by atoms with Crippen molar-refractivity contribution in [3.63, 3.8) is 0 Å². The maximum Gasteiger partial charge on any atom is 0.280 e. The first-order chi connectivity index (χ1) is 10.6. The van der Waals surface area contributed by atoms with Crippen molar-refractivity contribution in [1.29, 1.82) is 0 Å². The number of aromatic nitrogens is 1. The van der Waals surface area contributed by atoms with Crippen molar-refractivity contribution in [1.82, 2.24) is 5.16 Å². The third kappa shape index (κ3) is 2.79. The summed E-state index contributed by atoms with van der Waals surface area (Å²) in [6, 6.07) is 13.0. The largest absolute Gasteiger partial charge is 0.467 e. The summed E-state index contributed by atoms with van der Waals surface area (Å²) in [5.41, 5.74) is 2.11.